The van der Waals surface area contributed by atoms with E-state index in [1.165, 1.54) is 37.3 Å². The number of hydrogen-bond donors (Lipinski definition) is 5. The first-order valence-corrected chi connectivity index (χ1v) is 28.2. The summed E-state index contributed by atoms with van der Waals surface area (Å²) in [5.41, 5.74) is 3.94. The van der Waals surface area contributed by atoms with Crippen molar-refractivity contribution in [1.29, 1.82) is 0 Å². The molecule has 0 aromatic heterocycles. The number of hydrazone groups is 1. The molecule has 3 heterocycles. The van der Waals surface area contributed by atoms with E-state index >= 15 is 0 Å². The summed E-state index contributed by atoms with van der Waals surface area (Å²) in [6.07, 6.45) is 7.21. The van der Waals surface area contributed by atoms with Crippen LogP contribution in [0.25, 0.3) is 0 Å². The van der Waals surface area contributed by atoms with Gasteiger partial charge in [0.15, 0.2) is 5.72 Å². The van der Waals surface area contributed by atoms with E-state index in [0.29, 0.717) is 67.8 Å². The molecule has 6 atom stereocenters. The average Bonchev–Trinajstić information content (AvgIpc) is 4.43. The number of halogens is 1. The summed E-state index contributed by atoms with van der Waals surface area (Å²) >= 11 is 6.75. The number of unbranched alkanes of at least 4 members (excludes halogenated alkanes) is 2. The molecule has 2 saturated heterocycles. The maximum Gasteiger partial charge on any atom is 0.409 e. The first-order chi connectivity index (χ1) is 38.4. The number of epoxide rings is 1. The molecular formula is C57H69ClN6O16S. The van der Waals surface area contributed by atoms with Crippen molar-refractivity contribution in [3.8, 4) is 5.75 Å². The van der Waals surface area contributed by atoms with Crippen LogP contribution in [0.5, 0.6) is 5.75 Å². The van der Waals surface area contributed by atoms with Gasteiger partial charge in [-0.25, -0.2) is 10.2 Å². The molecule has 81 heavy (non-hydrogen) atoms. The number of ether oxygens (including phenoxy) is 5. The van der Waals surface area contributed by atoms with Crippen molar-refractivity contribution in [1.82, 2.24) is 15.6 Å². The molecule has 0 bridgehead atoms. The first-order valence-electron chi connectivity index (χ1n) is 26.3. The number of amides is 6. The molecule has 6 rings (SSSR count). The molecule has 22 nitrogen and oxygen atoms in total. The molecule has 6 amide bonds. The third kappa shape index (κ3) is 17.6. The van der Waals surface area contributed by atoms with Gasteiger partial charge in [0, 0.05) is 63.7 Å². The Labute approximate surface area is 475 Å². The van der Waals surface area contributed by atoms with Crippen LogP contribution < -0.4 is 25.7 Å². The quantitative estimate of drug-likeness (QED) is 0.00733. The van der Waals surface area contributed by atoms with Gasteiger partial charge in [-0.2, -0.15) is 13.5 Å². The second-order valence-electron chi connectivity index (χ2n) is 20.0. The molecule has 0 aliphatic carbocycles. The van der Waals surface area contributed by atoms with Crippen LogP contribution in [0.2, 0.25) is 5.02 Å². The SMILES string of the molecule is CC[C@H](CC(=O)N(C)c1cc(C/C(C)=C/C=C/[C@@H](OC)[C@@]2(O)C[C@@H](C(C)C3CO3)OC(=O)N2)cc(OC)c1Cl)OC(=O)CCc1ccc(/C(C)=N/NC(=O)c2ccc(NC(=O)CCCCCN3C(=O)C=CC3=O)cc2S(=O)(=O)O)cc1. The molecule has 24 heteroatoms. The Morgan fingerprint density at radius 2 is 1.69 bits per heavy atom. The molecule has 0 saturated carbocycles. The maximum atomic E-state index is 13.7. The summed E-state index contributed by atoms with van der Waals surface area (Å²) in [6.45, 7) is 8.02. The van der Waals surface area contributed by atoms with Gasteiger partial charge in [-0.3, -0.25) is 43.5 Å². The van der Waals surface area contributed by atoms with Crippen LogP contribution in [0.3, 0.4) is 0 Å². The number of carbonyl (C=O) groups excluding carboxylic acids is 7. The number of allylic oxidation sites excluding steroid dienone is 3. The third-order valence-electron chi connectivity index (χ3n) is 14.0. The number of imide groups is 1. The van der Waals surface area contributed by atoms with Gasteiger partial charge in [-0.05, 0) is 93.0 Å². The Balaban J connectivity index is 0.967. The monoisotopic (exact) mass is 1160 g/mol. The Morgan fingerprint density at radius 3 is 2.33 bits per heavy atom. The van der Waals surface area contributed by atoms with Crippen LogP contribution in [-0.2, 0) is 65.9 Å². The highest BCUT2D eigenvalue weighted by atomic mass is 35.5. The van der Waals surface area contributed by atoms with Crippen LogP contribution in [0, 0.1) is 5.92 Å². The van der Waals surface area contributed by atoms with Crippen LogP contribution in [0.4, 0.5) is 16.2 Å². The predicted octanol–water partition coefficient (Wildman–Crippen LogP) is 6.76. The van der Waals surface area contributed by atoms with Gasteiger partial charge in [0.2, 0.25) is 11.8 Å². The highest BCUT2D eigenvalue weighted by molar-refractivity contribution is 7.86. The lowest BCUT2D eigenvalue weighted by Gasteiger charge is -2.41. The minimum Gasteiger partial charge on any atom is -0.495 e. The largest absolute Gasteiger partial charge is 0.495 e. The summed E-state index contributed by atoms with van der Waals surface area (Å²) in [5, 5.41) is 20.8. The van der Waals surface area contributed by atoms with Crippen LogP contribution in [-0.4, -0.2) is 135 Å². The third-order valence-corrected chi connectivity index (χ3v) is 15.2. The molecule has 2 unspecified atom stereocenters. The lowest BCUT2D eigenvalue weighted by atomic mass is 9.89. The highest BCUT2D eigenvalue weighted by Gasteiger charge is 2.49. The average molecular weight is 1160 g/mol. The van der Waals surface area contributed by atoms with E-state index in [0.717, 1.165) is 33.7 Å². The van der Waals surface area contributed by atoms with E-state index in [-0.39, 0.29) is 72.7 Å². The smallest absolute Gasteiger partial charge is 0.409 e. The van der Waals surface area contributed by atoms with Crippen molar-refractivity contribution in [2.24, 2.45) is 11.0 Å². The van der Waals surface area contributed by atoms with E-state index in [4.69, 9.17) is 35.3 Å². The number of hydrogen-bond acceptors (Lipinski definition) is 16. The number of benzene rings is 3. The molecule has 3 aliphatic heterocycles. The number of aryl methyl sites for hydroxylation is 1. The molecule has 436 valence electrons. The maximum absolute atomic E-state index is 13.7. The Hall–Kier alpha value is -7.28. The van der Waals surface area contributed by atoms with E-state index < -0.39 is 68.5 Å². The van der Waals surface area contributed by atoms with Crippen LogP contribution in [0.15, 0.2) is 101 Å². The van der Waals surface area contributed by atoms with E-state index in [9.17, 15) is 51.6 Å². The first kappa shape index (κ1) is 62.9. The zero-order valence-corrected chi connectivity index (χ0v) is 47.8. The van der Waals surface area contributed by atoms with Gasteiger partial charge in [0.05, 0.1) is 43.2 Å². The number of nitrogens with one attached hydrogen (secondary N) is 3. The molecule has 5 N–H and O–H groups in total. The number of aliphatic hydroxyl groups is 1. The Bertz CT molecular complexity index is 3070. The molecule has 0 spiro atoms. The normalized spacial score (nSPS) is 19.4. The van der Waals surface area contributed by atoms with Gasteiger partial charge in [0.25, 0.3) is 27.8 Å². The second kappa shape index (κ2) is 28.4. The van der Waals surface area contributed by atoms with E-state index in [2.05, 4.69) is 21.2 Å². The summed E-state index contributed by atoms with van der Waals surface area (Å²) in [4.78, 5) is 90.2. The van der Waals surface area contributed by atoms with Crippen LogP contribution in [0.1, 0.15) is 106 Å². The molecule has 3 aliphatic rings. The number of rotatable bonds is 28. The predicted molar refractivity (Wildman–Crippen MR) is 299 cm³/mol. The van der Waals surface area contributed by atoms with Crippen molar-refractivity contribution in [2.75, 3.05) is 44.6 Å². The lowest BCUT2D eigenvalue weighted by Crippen LogP contribution is -2.63. The minimum atomic E-state index is -4.94. The van der Waals surface area contributed by atoms with E-state index in [1.807, 2.05) is 19.9 Å². The summed E-state index contributed by atoms with van der Waals surface area (Å²) in [5.74, 6) is -2.80. The van der Waals surface area contributed by atoms with Crippen molar-refractivity contribution in [2.45, 2.75) is 127 Å². The highest BCUT2D eigenvalue weighted by Crippen LogP contribution is 2.37. The fourth-order valence-electron chi connectivity index (χ4n) is 9.10. The fraction of sp³-hybridized carbons (Fsp3) is 0.439. The summed E-state index contributed by atoms with van der Waals surface area (Å²) in [7, 11) is -0.453. The van der Waals surface area contributed by atoms with Crippen molar-refractivity contribution in [3.63, 3.8) is 0 Å². The van der Waals surface area contributed by atoms with Gasteiger partial charge >= 0.3 is 12.1 Å². The fourth-order valence-corrected chi connectivity index (χ4v) is 10.1. The van der Waals surface area contributed by atoms with Gasteiger partial charge in [-0.15, -0.1) is 0 Å². The summed E-state index contributed by atoms with van der Waals surface area (Å²) in [6, 6.07) is 13.9. The Kier molecular flexibility index (Phi) is 22.1. The molecule has 3 aromatic carbocycles. The minimum absolute atomic E-state index is 0.00844. The molecule has 3 aromatic rings. The van der Waals surface area contributed by atoms with Gasteiger partial charge < -0.3 is 39.0 Å². The van der Waals surface area contributed by atoms with Gasteiger partial charge in [0.1, 0.15) is 34.0 Å². The molecule has 0 radical (unpaired) electrons. The summed E-state index contributed by atoms with van der Waals surface area (Å²) < 4.78 is 62.4. The Morgan fingerprint density at radius 1 is 0.988 bits per heavy atom. The van der Waals surface area contributed by atoms with Crippen molar-refractivity contribution in [3.05, 3.63) is 118 Å². The van der Waals surface area contributed by atoms with Crippen molar-refractivity contribution < 1.29 is 75.3 Å². The van der Waals surface area contributed by atoms with Crippen LogP contribution >= 0.6 is 11.6 Å². The topological polar surface area (TPSA) is 298 Å². The number of esters is 1. The number of alkyl carbamates (subject to hydrolysis) is 1. The second-order valence-corrected chi connectivity index (χ2v) is 21.8. The zero-order chi connectivity index (χ0) is 59.2. The molecular weight excluding hydrogens is 1090 g/mol. The number of cyclic esters (lactones) is 1. The zero-order valence-electron chi connectivity index (χ0n) is 46.2. The number of methoxy groups -OCH3 is 2. The van der Waals surface area contributed by atoms with Gasteiger partial charge in [-0.1, -0.05) is 79.9 Å². The number of nitrogens with zero attached hydrogens (tertiary/aromatic N) is 3. The lowest BCUT2D eigenvalue weighted by molar-refractivity contribution is -0.150. The van der Waals surface area contributed by atoms with Crippen molar-refractivity contribution >= 4 is 80.4 Å². The van der Waals surface area contributed by atoms with E-state index in [1.54, 1.807) is 69.4 Å². The number of anilines is 2. The standard InChI is InChI=1S/C57H69ClN6O16S/c1-8-41(31-52(68)63(5)43-28-38(29-44(76-6)54(43)58)27-34(2)13-12-14-48(77-7)57(72)32-45(80-56(71)60-57)35(3)46-33-78-46)79-53(69)25-18-37-16-19-39(20-17-37)36(4)61-62-55(70)42-22-21-40(30-47(42)81(73,74)75)59-49(65)15-10-9-11-26-64-50(66)23-24-51(64)67/h12-14,16-17,19-24,28-30,35,41,45-46,48,72H,8-11,15,18,25-27,31-33H2,1-7H3,(H,59,65)(H,60,71)(H,62,70)(H,73,74,75)/b14-12+,34-13+,61-36+/t35?,41-,45+,46?,48-,57+/m1/s1. The number of carbonyl (C=O) groups is 7. The molecule has 2 fully saturated rings.